The first-order valence-corrected chi connectivity index (χ1v) is 11.9. The van der Waals surface area contributed by atoms with Gasteiger partial charge in [0, 0.05) is 23.5 Å². The minimum Gasteiger partial charge on any atom is -0.486 e. The summed E-state index contributed by atoms with van der Waals surface area (Å²) >= 11 is 3.48. The smallest absolute Gasteiger partial charge is 0.242 e. The van der Waals surface area contributed by atoms with Crippen LogP contribution in [0.1, 0.15) is 44.7 Å². The van der Waals surface area contributed by atoms with Gasteiger partial charge in [-0.25, -0.2) is 0 Å². The molecule has 7 heteroatoms. The topological polar surface area (TPSA) is 67.9 Å². The zero-order chi connectivity index (χ0) is 23.1. The molecule has 32 heavy (non-hydrogen) atoms. The van der Waals surface area contributed by atoms with Gasteiger partial charge >= 0.3 is 0 Å². The number of carbonyl (C=O) groups excluding carboxylic acids is 2. The molecule has 2 aromatic carbocycles. The standard InChI is InChI=1S/C25H31BrN2O4/c1-4-17(2)27-25(30)18(3)28(16-20-6-5-7-21(26)14-20)24(29)11-9-19-8-10-22-23(15-19)32-13-12-31-22/h5-8,10,14-15,17-18H,4,9,11-13,16H2,1-3H3,(H,27,30)/t17-,18+/m1/s1. The van der Waals surface area contributed by atoms with E-state index in [-0.39, 0.29) is 17.9 Å². The summed E-state index contributed by atoms with van der Waals surface area (Å²) in [6, 6.07) is 13.1. The van der Waals surface area contributed by atoms with Crippen molar-refractivity contribution >= 4 is 27.7 Å². The van der Waals surface area contributed by atoms with Crippen molar-refractivity contribution in [2.75, 3.05) is 13.2 Å². The minimum absolute atomic E-state index is 0.0606. The number of halogens is 1. The van der Waals surface area contributed by atoms with Gasteiger partial charge in [-0.15, -0.1) is 0 Å². The van der Waals surface area contributed by atoms with E-state index in [0.717, 1.165) is 27.8 Å². The van der Waals surface area contributed by atoms with Crippen LogP contribution in [0.4, 0.5) is 0 Å². The Labute approximate surface area is 198 Å². The van der Waals surface area contributed by atoms with Gasteiger partial charge in [0.15, 0.2) is 11.5 Å². The molecule has 6 nitrogen and oxygen atoms in total. The molecular weight excluding hydrogens is 472 g/mol. The van der Waals surface area contributed by atoms with Crippen molar-refractivity contribution in [3.63, 3.8) is 0 Å². The summed E-state index contributed by atoms with van der Waals surface area (Å²) in [4.78, 5) is 27.7. The number of benzene rings is 2. The lowest BCUT2D eigenvalue weighted by Crippen LogP contribution is -2.49. The molecule has 3 rings (SSSR count). The highest BCUT2D eigenvalue weighted by molar-refractivity contribution is 9.10. The maximum atomic E-state index is 13.3. The molecule has 0 saturated heterocycles. The van der Waals surface area contributed by atoms with Crippen LogP contribution in [0, 0.1) is 0 Å². The molecule has 2 atom stereocenters. The van der Waals surface area contributed by atoms with E-state index in [0.29, 0.717) is 38.3 Å². The Hall–Kier alpha value is -2.54. The average Bonchev–Trinajstić information content (AvgIpc) is 2.80. The first-order chi connectivity index (χ1) is 15.4. The maximum absolute atomic E-state index is 13.3. The Morgan fingerprint density at radius 2 is 1.81 bits per heavy atom. The van der Waals surface area contributed by atoms with Gasteiger partial charge in [-0.2, -0.15) is 0 Å². The van der Waals surface area contributed by atoms with E-state index in [2.05, 4.69) is 21.2 Å². The monoisotopic (exact) mass is 502 g/mol. The van der Waals surface area contributed by atoms with E-state index in [9.17, 15) is 9.59 Å². The Morgan fingerprint density at radius 1 is 1.06 bits per heavy atom. The van der Waals surface area contributed by atoms with Crippen LogP contribution in [0.5, 0.6) is 11.5 Å². The quantitative estimate of drug-likeness (QED) is 0.548. The number of ether oxygens (including phenoxy) is 2. The molecule has 2 aromatic rings. The van der Waals surface area contributed by atoms with Gasteiger partial charge in [0.05, 0.1) is 0 Å². The van der Waals surface area contributed by atoms with Crippen molar-refractivity contribution in [3.05, 3.63) is 58.1 Å². The predicted octanol–water partition coefficient (Wildman–Crippen LogP) is 4.48. The van der Waals surface area contributed by atoms with Crippen molar-refractivity contribution < 1.29 is 19.1 Å². The summed E-state index contributed by atoms with van der Waals surface area (Å²) < 4.78 is 12.2. The van der Waals surface area contributed by atoms with Gasteiger partial charge in [-0.1, -0.05) is 41.1 Å². The molecule has 0 spiro atoms. The highest BCUT2D eigenvalue weighted by Crippen LogP contribution is 2.31. The van der Waals surface area contributed by atoms with Gasteiger partial charge in [0.2, 0.25) is 11.8 Å². The molecule has 1 aliphatic rings. The summed E-state index contributed by atoms with van der Waals surface area (Å²) in [6.45, 7) is 7.22. The number of hydrogen-bond donors (Lipinski definition) is 1. The highest BCUT2D eigenvalue weighted by Gasteiger charge is 2.26. The summed E-state index contributed by atoms with van der Waals surface area (Å²) in [6.07, 6.45) is 1.70. The van der Waals surface area contributed by atoms with Gasteiger partial charge < -0.3 is 19.7 Å². The number of nitrogens with one attached hydrogen (secondary N) is 1. The number of carbonyl (C=O) groups is 2. The number of hydrogen-bond acceptors (Lipinski definition) is 4. The molecule has 1 heterocycles. The molecule has 1 aliphatic heterocycles. The zero-order valence-electron chi connectivity index (χ0n) is 18.9. The van der Waals surface area contributed by atoms with Crippen LogP contribution in [0.25, 0.3) is 0 Å². The largest absolute Gasteiger partial charge is 0.486 e. The number of aryl methyl sites for hydroxylation is 1. The van der Waals surface area contributed by atoms with Crippen LogP contribution in [-0.2, 0) is 22.6 Å². The van der Waals surface area contributed by atoms with Gasteiger partial charge in [0.1, 0.15) is 19.3 Å². The van der Waals surface area contributed by atoms with Crippen LogP contribution in [0.3, 0.4) is 0 Å². The van der Waals surface area contributed by atoms with Crippen molar-refractivity contribution in [1.82, 2.24) is 10.2 Å². The third kappa shape index (κ3) is 6.48. The summed E-state index contributed by atoms with van der Waals surface area (Å²) in [5.41, 5.74) is 1.97. The SMILES string of the molecule is CC[C@@H](C)NC(=O)[C@H](C)N(Cc1cccc(Br)c1)C(=O)CCc1ccc2c(c1)OCCO2. The molecule has 0 bridgehead atoms. The van der Waals surface area contributed by atoms with Crippen molar-refractivity contribution in [1.29, 1.82) is 0 Å². The van der Waals surface area contributed by atoms with Crippen LogP contribution in [0.15, 0.2) is 46.9 Å². The lowest BCUT2D eigenvalue weighted by Gasteiger charge is -2.30. The number of nitrogens with zero attached hydrogens (tertiary/aromatic N) is 1. The molecule has 0 aliphatic carbocycles. The number of amides is 2. The van der Waals surface area contributed by atoms with E-state index >= 15 is 0 Å². The average molecular weight is 503 g/mol. The molecule has 0 radical (unpaired) electrons. The van der Waals surface area contributed by atoms with Crippen molar-refractivity contribution in [2.24, 2.45) is 0 Å². The lowest BCUT2D eigenvalue weighted by molar-refractivity contribution is -0.140. The van der Waals surface area contributed by atoms with E-state index < -0.39 is 6.04 Å². The highest BCUT2D eigenvalue weighted by atomic mass is 79.9. The molecule has 0 unspecified atom stereocenters. The third-order valence-corrected chi connectivity index (χ3v) is 6.14. The fourth-order valence-electron chi connectivity index (χ4n) is 3.52. The first kappa shape index (κ1) is 24.1. The van der Waals surface area contributed by atoms with Gasteiger partial charge in [-0.3, -0.25) is 9.59 Å². The molecule has 0 aromatic heterocycles. The fourth-order valence-corrected chi connectivity index (χ4v) is 3.96. The third-order valence-electron chi connectivity index (χ3n) is 5.64. The Kier molecular flexibility index (Phi) is 8.56. The lowest BCUT2D eigenvalue weighted by atomic mass is 10.1. The minimum atomic E-state index is -0.573. The summed E-state index contributed by atoms with van der Waals surface area (Å²) in [5, 5.41) is 3.00. The first-order valence-electron chi connectivity index (χ1n) is 11.1. The van der Waals surface area contributed by atoms with Crippen molar-refractivity contribution in [3.8, 4) is 11.5 Å². The van der Waals surface area contributed by atoms with Crippen LogP contribution in [0.2, 0.25) is 0 Å². The maximum Gasteiger partial charge on any atom is 0.242 e. The Balaban J connectivity index is 1.72. The molecule has 1 N–H and O–H groups in total. The van der Waals surface area contributed by atoms with Crippen LogP contribution < -0.4 is 14.8 Å². The van der Waals surface area contributed by atoms with Crippen LogP contribution >= 0.6 is 15.9 Å². The van der Waals surface area contributed by atoms with E-state index in [1.807, 2.05) is 56.3 Å². The normalized spacial score (nSPS) is 14.4. The van der Waals surface area contributed by atoms with E-state index in [4.69, 9.17) is 9.47 Å². The van der Waals surface area contributed by atoms with E-state index in [1.165, 1.54) is 0 Å². The molecular formula is C25H31BrN2O4. The van der Waals surface area contributed by atoms with Crippen LogP contribution in [-0.4, -0.2) is 42.0 Å². The Morgan fingerprint density at radius 3 is 2.53 bits per heavy atom. The van der Waals surface area contributed by atoms with Crippen molar-refractivity contribution in [2.45, 2.75) is 58.7 Å². The Bertz CT molecular complexity index is 949. The summed E-state index contributed by atoms with van der Waals surface area (Å²) in [5.74, 6) is 1.25. The predicted molar refractivity (Wildman–Crippen MR) is 128 cm³/mol. The van der Waals surface area contributed by atoms with Gasteiger partial charge in [0.25, 0.3) is 0 Å². The van der Waals surface area contributed by atoms with E-state index in [1.54, 1.807) is 11.8 Å². The molecule has 2 amide bonds. The molecule has 172 valence electrons. The number of fused-ring (bicyclic) bond motifs is 1. The molecule has 0 saturated carbocycles. The number of rotatable bonds is 9. The molecule has 0 fully saturated rings. The van der Waals surface area contributed by atoms with Gasteiger partial charge in [-0.05, 0) is 62.1 Å². The fraction of sp³-hybridized carbons (Fsp3) is 0.440. The summed E-state index contributed by atoms with van der Waals surface area (Å²) in [7, 11) is 0. The zero-order valence-corrected chi connectivity index (χ0v) is 20.5. The second-order valence-corrected chi connectivity index (χ2v) is 9.04. The second kappa shape index (κ2) is 11.4. The second-order valence-electron chi connectivity index (χ2n) is 8.12.